The Hall–Kier alpha value is -2.88. The second kappa shape index (κ2) is 8.24. The van der Waals surface area contributed by atoms with Gasteiger partial charge < -0.3 is 4.42 Å². The highest BCUT2D eigenvalue weighted by Crippen LogP contribution is 2.34. The largest absolute Gasteiger partial charge is 0.467 e. The predicted molar refractivity (Wildman–Crippen MR) is 108 cm³/mol. The summed E-state index contributed by atoms with van der Waals surface area (Å²) in [7, 11) is 0. The fraction of sp³-hybridized carbons (Fsp3) is 0.0556. The Morgan fingerprint density at radius 2 is 2.03 bits per heavy atom. The fourth-order valence-corrected chi connectivity index (χ4v) is 3.83. The number of aromatic nitrogens is 4. The molecule has 0 aliphatic carbocycles. The number of benzene rings is 1. The SMILES string of the molecule is O=[N+]([O-])c1ccc(Sc2nnc(-c3ccc(Cl)cc3Cl)n2Cc2ccco2)nc1. The van der Waals surface area contributed by atoms with Crippen LogP contribution in [-0.2, 0) is 6.54 Å². The van der Waals surface area contributed by atoms with Crippen LogP contribution in [0.2, 0.25) is 10.0 Å². The molecule has 4 rings (SSSR count). The summed E-state index contributed by atoms with van der Waals surface area (Å²) in [6.45, 7) is 0.365. The number of furan rings is 1. The summed E-state index contributed by atoms with van der Waals surface area (Å²) in [5.74, 6) is 1.24. The summed E-state index contributed by atoms with van der Waals surface area (Å²) in [6.07, 6.45) is 2.78. The Morgan fingerprint density at radius 1 is 1.17 bits per heavy atom. The average Bonchev–Trinajstić information content (AvgIpc) is 3.34. The number of pyridine rings is 1. The van der Waals surface area contributed by atoms with E-state index >= 15 is 0 Å². The minimum Gasteiger partial charge on any atom is -0.467 e. The first-order chi connectivity index (χ1) is 14.0. The van der Waals surface area contributed by atoms with Gasteiger partial charge >= 0.3 is 0 Å². The molecule has 0 fully saturated rings. The molecule has 0 saturated heterocycles. The van der Waals surface area contributed by atoms with Crippen molar-refractivity contribution in [3.05, 3.63) is 80.8 Å². The first-order valence-electron chi connectivity index (χ1n) is 8.20. The minimum atomic E-state index is -0.499. The van der Waals surface area contributed by atoms with Crippen LogP contribution in [0.4, 0.5) is 5.69 Å². The van der Waals surface area contributed by atoms with Crippen molar-refractivity contribution in [2.75, 3.05) is 0 Å². The molecule has 0 radical (unpaired) electrons. The number of nitrogens with zero attached hydrogens (tertiary/aromatic N) is 5. The molecule has 0 aliphatic rings. The van der Waals surface area contributed by atoms with Crippen LogP contribution in [0.3, 0.4) is 0 Å². The van der Waals surface area contributed by atoms with Crippen LogP contribution in [0, 0.1) is 10.1 Å². The number of hydrogen-bond acceptors (Lipinski definition) is 7. The van der Waals surface area contributed by atoms with E-state index in [1.54, 1.807) is 36.6 Å². The van der Waals surface area contributed by atoms with Gasteiger partial charge in [0.2, 0.25) is 0 Å². The number of rotatable bonds is 6. The maximum atomic E-state index is 10.8. The topological polar surface area (TPSA) is 99.9 Å². The molecule has 29 heavy (non-hydrogen) atoms. The van der Waals surface area contributed by atoms with Crippen molar-refractivity contribution in [2.45, 2.75) is 16.7 Å². The van der Waals surface area contributed by atoms with Crippen molar-refractivity contribution < 1.29 is 9.34 Å². The van der Waals surface area contributed by atoms with Gasteiger partial charge in [-0.15, -0.1) is 10.2 Å². The molecular weight excluding hydrogens is 437 g/mol. The zero-order valence-electron chi connectivity index (χ0n) is 14.5. The maximum Gasteiger partial charge on any atom is 0.287 e. The van der Waals surface area contributed by atoms with Crippen molar-refractivity contribution in [1.29, 1.82) is 0 Å². The highest BCUT2D eigenvalue weighted by molar-refractivity contribution is 7.99. The van der Waals surface area contributed by atoms with Gasteiger partial charge in [-0.3, -0.25) is 14.7 Å². The quantitative estimate of drug-likeness (QED) is 0.290. The number of nitro groups is 1. The molecular formula is C18H11Cl2N5O3S. The molecule has 8 nitrogen and oxygen atoms in total. The van der Waals surface area contributed by atoms with Crippen molar-refractivity contribution in [3.8, 4) is 11.4 Å². The van der Waals surface area contributed by atoms with Crippen molar-refractivity contribution >= 4 is 40.7 Å². The second-order valence-corrected chi connectivity index (χ2v) is 7.64. The molecule has 11 heteroatoms. The average molecular weight is 448 g/mol. The molecule has 0 unspecified atom stereocenters. The normalized spacial score (nSPS) is 11.0. The molecule has 0 atom stereocenters. The van der Waals surface area contributed by atoms with Gasteiger partial charge in [0.25, 0.3) is 5.69 Å². The predicted octanol–water partition coefficient (Wildman–Crippen LogP) is 5.35. The summed E-state index contributed by atoms with van der Waals surface area (Å²) in [5.41, 5.74) is 0.582. The van der Waals surface area contributed by atoms with Crippen molar-refractivity contribution in [3.63, 3.8) is 0 Å². The van der Waals surface area contributed by atoms with Crippen LogP contribution in [0.5, 0.6) is 0 Å². The second-order valence-electron chi connectivity index (χ2n) is 5.81. The highest BCUT2D eigenvalue weighted by Gasteiger charge is 2.19. The van der Waals surface area contributed by atoms with Crippen LogP contribution in [0.25, 0.3) is 11.4 Å². The van der Waals surface area contributed by atoms with Crippen molar-refractivity contribution in [2.24, 2.45) is 0 Å². The summed E-state index contributed by atoms with van der Waals surface area (Å²) < 4.78 is 7.30. The third-order valence-corrected chi connectivity index (χ3v) is 5.39. The minimum absolute atomic E-state index is 0.0833. The Kier molecular flexibility index (Phi) is 5.52. The van der Waals surface area contributed by atoms with Crippen LogP contribution >= 0.6 is 35.0 Å². The molecule has 4 aromatic rings. The summed E-state index contributed by atoms with van der Waals surface area (Å²) >= 11 is 13.6. The van der Waals surface area contributed by atoms with E-state index in [1.165, 1.54) is 24.0 Å². The molecule has 3 heterocycles. The van der Waals surface area contributed by atoms with Crippen LogP contribution in [0.15, 0.2) is 69.5 Å². The van der Waals surface area contributed by atoms with E-state index in [0.29, 0.717) is 43.9 Å². The van der Waals surface area contributed by atoms with Crippen LogP contribution < -0.4 is 0 Å². The molecule has 1 aromatic carbocycles. The van der Waals surface area contributed by atoms with Gasteiger partial charge in [-0.05, 0) is 48.2 Å². The molecule has 0 amide bonds. The number of halogens is 2. The molecule has 0 spiro atoms. The van der Waals surface area contributed by atoms with E-state index in [1.807, 2.05) is 10.6 Å². The zero-order valence-corrected chi connectivity index (χ0v) is 16.9. The third-order valence-electron chi connectivity index (χ3n) is 3.91. The molecule has 0 N–H and O–H groups in total. The lowest BCUT2D eigenvalue weighted by Gasteiger charge is -2.10. The first-order valence-corrected chi connectivity index (χ1v) is 9.78. The van der Waals surface area contributed by atoms with E-state index in [9.17, 15) is 10.1 Å². The van der Waals surface area contributed by atoms with Crippen LogP contribution in [0.1, 0.15) is 5.76 Å². The van der Waals surface area contributed by atoms with Gasteiger partial charge in [0.15, 0.2) is 11.0 Å². The molecule has 146 valence electrons. The molecule has 3 aromatic heterocycles. The van der Waals surface area contributed by atoms with Gasteiger partial charge in [0.1, 0.15) is 17.0 Å². The lowest BCUT2D eigenvalue weighted by Crippen LogP contribution is -2.04. The van der Waals surface area contributed by atoms with E-state index in [2.05, 4.69) is 15.2 Å². The fourth-order valence-electron chi connectivity index (χ4n) is 2.57. The van der Waals surface area contributed by atoms with Gasteiger partial charge in [-0.25, -0.2) is 4.98 Å². The summed E-state index contributed by atoms with van der Waals surface area (Å²) in [5, 5.41) is 21.4. The van der Waals surface area contributed by atoms with E-state index in [-0.39, 0.29) is 5.69 Å². The van der Waals surface area contributed by atoms with Gasteiger partial charge in [-0.2, -0.15) is 0 Å². The Bertz CT molecular complexity index is 1160. The summed E-state index contributed by atoms with van der Waals surface area (Å²) in [6, 6.07) is 11.7. The standard InChI is InChI=1S/C18H11Cl2N5O3S/c19-11-3-5-14(15(20)8-11)17-22-23-18(24(17)10-13-2-1-7-28-13)29-16-6-4-12(9-21-16)25(26)27/h1-9H,10H2. The molecule has 0 bridgehead atoms. The van der Waals surface area contributed by atoms with Crippen LogP contribution in [-0.4, -0.2) is 24.7 Å². The Balaban J connectivity index is 1.73. The molecule has 0 aliphatic heterocycles. The third kappa shape index (κ3) is 4.26. The highest BCUT2D eigenvalue weighted by atomic mass is 35.5. The maximum absolute atomic E-state index is 10.8. The number of hydrogen-bond donors (Lipinski definition) is 0. The van der Waals surface area contributed by atoms with E-state index in [0.717, 1.165) is 0 Å². The van der Waals surface area contributed by atoms with Gasteiger partial charge in [-0.1, -0.05) is 23.2 Å². The zero-order chi connectivity index (χ0) is 20.4. The molecule has 0 saturated carbocycles. The smallest absolute Gasteiger partial charge is 0.287 e. The van der Waals surface area contributed by atoms with E-state index in [4.69, 9.17) is 27.6 Å². The van der Waals surface area contributed by atoms with Gasteiger partial charge in [0, 0.05) is 16.7 Å². The lowest BCUT2D eigenvalue weighted by molar-refractivity contribution is -0.385. The summed E-state index contributed by atoms with van der Waals surface area (Å²) in [4.78, 5) is 14.4. The van der Waals surface area contributed by atoms with Gasteiger partial charge in [0.05, 0.1) is 22.8 Å². The van der Waals surface area contributed by atoms with Crippen molar-refractivity contribution in [1.82, 2.24) is 19.7 Å². The lowest BCUT2D eigenvalue weighted by atomic mass is 10.2. The Labute approximate surface area is 178 Å². The first kappa shape index (κ1) is 19.4. The van der Waals surface area contributed by atoms with E-state index < -0.39 is 4.92 Å². The Morgan fingerprint density at radius 3 is 2.69 bits per heavy atom. The monoisotopic (exact) mass is 447 g/mol.